The molecule has 3 aromatic heterocycles. The maximum atomic E-state index is 5.40. The first-order chi connectivity index (χ1) is 10.3. The second kappa shape index (κ2) is 4.80. The maximum Gasteiger partial charge on any atom is 0.279 e. The van der Waals surface area contributed by atoms with Crippen LogP contribution in [0.4, 0.5) is 0 Å². The molecule has 0 aliphatic heterocycles. The van der Waals surface area contributed by atoms with Crippen LogP contribution in [0.5, 0.6) is 0 Å². The van der Waals surface area contributed by atoms with E-state index in [1.54, 1.807) is 6.20 Å². The van der Waals surface area contributed by atoms with Crippen LogP contribution in [0.15, 0.2) is 22.9 Å². The highest BCUT2D eigenvalue weighted by Crippen LogP contribution is 2.29. The van der Waals surface area contributed by atoms with Gasteiger partial charge in [0.15, 0.2) is 5.69 Å². The Labute approximate surface area is 121 Å². The summed E-state index contributed by atoms with van der Waals surface area (Å²) in [5.41, 5.74) is 4.97. The van der Waals surface area contributed by atoms with Gasteiger partial charge in [-0.05, 0) is 44.2 Å². The third-order valence-corrected chi connectivity index (χ3v) is 3.91. The van der Waals surface area contributed by atoms with Gasteiger partial charge >= 0.3 is 0 Å². The first-order valence-electron chi connectivity index (χ1n) is 7.15. The van der Waals surface area contributed by atoms with Crippen molar-refractivity contribution in [2.24, 2.45) is 0 Å². The molecule has 1 aliphatic carbocycles. The van der Waals surface area contributed by atoms with Crippen LogP contribution >= 0.6 is 0 Å². The van der Waals surface area contributed by atoms with Gasteiger partial charge in [-0.25, -0.2) is 0 Å². The van der Waals surface area contributed by atoms with Gasteiger partial charge < -0.3 is 4.52 Å². The Bertz CT molecular complexity index is 789. The lowest BCUT2D eigenvalue weighted by Gasteiger charge is -2.09. The first kappa shape index (κ1) is 12.3. The normalized spacial score (nSPS) is 14.1. The van der Waals surface area contributed by atoms with E-state index in [2.05, 4.69) is 25.3 Å². The van der Waals surface area contributed by atoms with E-state index in [1.807, 2.05) is 19.1 Å². The standard InChI is InChI=1S/C15H15N5O/c1-9-5-4-8-16-12(9)14-17-15(21-20-14)13-10-6-2-3-7-11(10)18-19-13/h4-5,8H,2-3,6-7H2,1H3,(H,18,19). The molecule has 0 atom stereocenters. The summed E-state index contributed by atoms with van der Waals surface area (Å²) in [7, 11) is 0. The van der Waals surface area contributed by atoms with Crippen LogP contribution in [0.3, 0.4) is 0 Å². The highest BCUT2D eigenvalue weighted by molar-refractivity contribution is 5.60. The van der Waals surface area contributed by atoms with Gasteiger partial charge in [0.05, 0.1) is 0 Å². The molecule has 0 radical (unpaired) electrons. The number of nitrogens with one attached hydrogen (secondary N) is 1. The second-order valence-corrected chi connectivity index (χ2v) is 5.33. The third-order valence-electron chi connectivity index (χ3n) is 3.91. The number of fused-ring (bicyclic) bond motifs is 1. The van der Waals surface area contributed by atoms with Crippen LogP contribution in [0.1, 0.15) is 29.7 Å². The van der Waals surface area contributed by atoms with Crippen molar-refractivity contribution in [1.82, 2.24) is 25.3 Å². The highest BCUT2D eigenvalue weighted by atomic mass is 16.5. The molecule has 3 heterocycles. The number of nitrogens with zero attached hydrogens (tertiary/aromatic N) is 4. The van der Waals surface area contributed by atoms with Crippen LogP contribution < -0.4 is 0 Å². The summed E-state index contributed by atoms with van der Waals surface area (Å²) in [6, 6.07) is 3.87. The minimum atomic E-state index is 0.467. The lowest BCUT2D eigenvalue weighted by atomic mass is 9.96. The Kier molecular flexibility index (Phi) is 2.80. The summed E-state index contributed by atoms with van der Waals surface area (Å²) >= 11 is 0. The van der Waals surface area contributed by atoms with Crippen molar-refractivity contribution >= 4 is 0 Å². The van der Waals surface area contributed by atoms with Gasteiger partial charge in [0.1, 0.15) is 5.69 Å². The van der Waals surface area contributed by atoms with Crippen molar-refractivity contribution < 1.29 is 4.52 Å². The predicted octanol–water partition coefficient (Wildman–Crippen LogP) is 2.71. The second-order valence-electron chi connectivity index (χ2n) is 5.33. The molecule has 0 spiro atoms. The molecule has 21 heavy (non-hydrogen) atoms. The average molecular weight is 281 g/mol. The van der Waals surface area contributed by atoms with Crippen molar-refractivity contribution in [2.75, 3.05) is 0 Å². The number of pyridine rings is 1. The maximum absolute atomic E-state index is 5.40. The van der Waals surface area contributed by atoms with Crippen molar-refractivity contribution in [3.05, 3.63) is 35.2 Å². The van der Waals surface area contributed by atoms with Gasteiger partial charge in [-0.1, -0.05) is 11.2 Å². The van der Waals surface area contributed by atoms with Gasteiger partial charge in [0.2, 0.25) is 5.82 Å². The number of rotatable bonds is 2. The van der Waals surface area contributed by atoms with Crippen LogP contribution in [-0.2, 0) is 12.8 Å². The highest BCUT2D eigenvalue weighted by Gasteiger charge is 2.22. The lowest BCUT2D eigenvalue weighted by molar-refractivity contribution is 0.430. The fraction of sp³-hybridized carbons (Fsp3) is 0.333. The zero-order chi connectivity index (χ0) is 14.2. The van der Waals surface area contributed by atoms with Gasteiger partial charge in [-0.2, -0.15) is 10.1 Å². The van der Waals surface area contributed by atoms with Gasteiger partial charge in [0.25, 0.3) is 5.89 Å². The molecule has 0 aromatic carbocycles. The van der Waals surface area contributed by atoms with E-state index in [9.17, 15) is 0 Å². The molecule has 1 N–H and O–H groups in total. The van der Waals surface area contributed by atoms with E-state index in [1.165, 1.54) is 24.1 Å². The van der Waals surface area contributed by atoms with E-state index in [0.717, 1.165) is 29.8 Å². The van der Waals surface area contributed by atoms with Crippen molar-refractivity contribution in [2.45, 2.75) is 32.6 Å². The van der Waals surface area contributed by atoms with Crippen molar-refractivity contribution in [3.63, 3.8) is 0 Å². The molecule has 4 rings (SSSR count). The molecule has 0 unspecified atom stereocenters. The summed E-state index contributed by atoms with van der Waals surface area (Å²) in [6.45, 7) is 1.98. The molecule has 106 valence electrons. The fourth-order valence-electron chi connectivity index (χ4n) is 2.79. The smallest absolute Gasteiger partial charge is 0.279 e. The topological polar surface area (TPSA) is 80.5 Å². The van der Waals surface area contributed by atoms with Crippen LogP contribution in [-0.4, -0.2) is 25.3 Å². The Balaban J connectivity index is 1.75. The molecule has 6 nitrogen and oxygen atoms in total. The van der Waals surface area contributed by atoms with E-state index in [0.29, 0.717) is 11.7 Å². The SMILES string of the molecule is Cc1cccnc1-c1noc(-c2n[nH]c3c2CCCC3)n1. The Morgan fingerprint density at radius 2 is 2.10 bits per heavy atom. The van der Waals surface area contributed by atoms with Gasteiger partial charge in [-0.3, -0.25) is 10.1 Å². The number of hydrogen-bond donors (Lipinski definition) is 1. The molecular formula is C15H15N5O. The van der Waals surface area contributed by atoms with E-state index < -0.39 is 0 Å². The molecule has 1 aliphatic rings. The fourth-order valence-corrected chi connectivity index (χ4v) is 2.79. The minimum absolute atomic E-state index is 0.467. The molecule has 0 saturated carbocycles. The number of aryl methyl sites for hydroxylation is 2. The summed E-state index contributed by atoms with van der Waals surface area (Å²) in [5, 5.41) is 11.5. The Morgan fingerprint density at radius 3 is 3.00 bits per heavy atom. The van der Waals surface area contributed by atoms with Gasteiger partial charge in [0, 0.05) is 17.5 Å². The first-order valence-corrected chi connectivity index (χ1v) is 7.15. The van der Waals surface area contributed by atoms with E-state index in [-0.39, 0.29) is 0 Å². The molecule has 6 heteroatoms. The summed E-state index contributed by atoms with van der Waals surface area (Å²) in [6.07, 6.45) is 6.18. The van der Waals surface area contributed by atoms with Crippen LogP contribution in [0.2, 0.25) is 0 Å². The minimum Gasteiger partial charge on any atom is -0.332 e. The summed E-state index contributed by atoms with van der Waals surface area (Å²) in [4.78, 5) is 8.79. The lowest BCUT2D eigenvalue weighted by Crippen LogP contribution is -2.01. The summed E-state index contributed by atoms with van der Waals surface area (Å²) < 4.78 is 5.40. The molecular weight excluding hydrogens is 266 g/mol. The van der Waals surface area contributed by atoms with Crippen LogP contribution in [0.25, 0.3) is 23.1 Å². The van der Waals surface area contributed by atoms with Crippen molar-refractivity contribution in [3.8, 4) is 23.1 Å². The zero-order valence-corrected chi connectivity index (χ0v) is 11.8. The van der Waals surface area contributed by atoms with Crippen molar-refractivity contribution in [1.29, 1.82) is 0 Å². The number of hydrogen-bond acceptors (Lipinski definition) is 5. The number of aromatic nitrogens is 5. The van der Waals surface area contributed by atoms with E-state index >= 15 is 0 Å². The molecule has 0 amide bonds. The third kappa shape index (κ3) is 2.03. The molecule has 0 saturated heterocycles. The Morgan fingerprint density at radius 1 is 1.19 bits per heavy atom. The molecule has 3 aromatic rings. The molecule has 0 fully saturated rings. The molecule has 0 bridgehead atoms. The van der Waals surface area contributed by atoms with Gasteiger partial charge in [-0.15, -0.1) is 0 Å². The number of aromatic amines is 1. The van der Waals surface area contributed by atoms with E-state index in [4.69, 9.17) is 4.52 Å². The Hall–Kier alpha value is -2.50. The average Bonchev–Trinajstić information content (AvgIpc) is 3.14. The quantitative estimate of drug-likeness (QED) is 0.781. The van der Waals surface area contributed by atoms with Crippen LogP contribution in [0, 0.1) is 6.92 Å². The predicted molar refractivity (Wildman–Crippen MR) is 76.5 cm³/mol. The summed E-state index contributed by atoms with van der Waals surface area (Å²) in [5.74, 6) is 0.977. The number of H-pyrrole nitrogens is 1. The monoisotopic (exact) mass is 281 g/mol. The zero-order valence-electron chi connectivity index (χ0n) is 11.8. The largest absolute Gasteiger partial charge is 0.332 e.